The Hall–Kier alpha value is -0.870. The summed E-state index contributed by atoms with van der Waals surface area (Å²) >= 11 is 0. The summed E-state index contributed by atoms with van der Waals surface area (Å²) in [5.41, 5.74) is 0.402. The van der Waals surface area contributed by atoms with Crippen molar-refractivity contribution in [2.45, 2.75) is 47.0 Å². The molecule has 4 heteroatoms. The maximum Gasteiger partial charge on any atom is 0.337 e. The number of aliphatic hydroxyl groups excluding tert-OH is 1. The third-order valence-electron chi connectivity index (χ3n) is 3.28. The summed E-state index contributed by atoms with van der Waals surface area (Å²) in [6.45, 7) is 15.1. The lowest BCUT2D eigenvalue weighted by molar-refractivity contribution is -0.966. The summed E-state index contributed by atoms with van der Waals surface area (Å²) in [4.78, 5) is 11.5. The fourth-order valence-electron chi connectivity index (χ4n) is 2.04. The minimum Gasteiger partial charge on any atom is -0.409 e. The molecule has 0 aliphatic heterocycles. The molecule has 0 saturated carbocycles. The second kappa shape index (κ2) is 6.77. The summed E-state index contributed by atoms with van der Waals surface area (Å²) in [5, 5.41) is 9.57. The fraction of sp³-hybridized carbons (Fsp3) is 0.769. The molecule has 0 spiro atoms. The van der Waals surface area contributed by atoms with Crippen molar-refractivity contribution >= 4 is 5.97 Å². The molecule has 0 amide bonds. The van der Waals surface area contributed by atoms with Gasteiger partial charge in [-0.1, -0.05) is 6.58 Å². The second-order valence-corrected chi connectivity index (χ2v) is 4.67. The van der Waals surface area contributed by atoms with E-state index in [-0.39, 0.29) is 12.2 Å². The van der Waals surface area contributed by atoms with Crippen LogP contribution in [0.1, 0.15) is 34.6 Å². The van der Waals surface area contributed by atoms with E-state index in [1.165, 1.54) is 0 Å². The summed E-state index contributed by atoms with van der Waals surface area (Å²) in [5.74, 6) is -0.368. The van der Waals surface area contributed by atoms with E-state index in [2.05, 4.69) is 6.58 Å². The Morgan fingerprint density at radius 3 is 2.12 bits per heavy atom. The number of quaternary nitrogens is 1. The average Bonchev–Trinajstić information content (AvgIpc) is 2.25. The lowest BCUT2D eigenvalue weighted by Crippen LogP contribution is -2.58. The van der Waals surface area contributed by atoms with Gasteiger partial charge in [0, 0.05) is 12.5 Å². The van der Waals surface area contributed by atoms with Crippen molar-refractivity contribution in [3.8, 4) is 0 Å². The standard InChI is InChI=1S/C13H26NO3/c1-7-14(8-2,9-11(5)15)12(6)17-13(16)10(3)4/h11-12,15H,3,7-9H2,1-2,4-6H3/q+1. The van der Waals surface area contributed by atoms with Gasteiger partial charge < -0.3 is 9.84 Å². The minimum atomic E-state index is -0.416. The lowest BCUT2D eigenvalue weighted by atomic mass is 10.2. The van der Waals surface area contributed by atoms with Crippen molar-refractivity contribution < 1.29 is 19.1 Å². The van der Waals surface area contributed by atoms with Gasteiger partial charge in [-0.05, 0) is 27.7 Å². The predicted octanol–water partition coefficient (Wildman–Crippen LogP) is 1.69. The topological polar surface area (TPSA) is 46.5 Å². The molecule has 0 aromatic rings. The molecule has 0 saturated heterocycles. The molecule has 4 nitrogen and oxygen atoms in total. The first-order chi connectivity index (χ1) is 7.79. The van der Waals surface area contributed by atoms with Crippen LogP contribution in [0.15, 0.2) is 12.2 Å². The van der Waals surface area contributed by atoms with E-state index in [1.807, 2.05) is 20.8 Å². The third kappa shape index (κ3) is 4.48. The van der Waals surface area contributed by atoms with Gasteiger partial charge >= 0.3 is 5.97 Å². The Labute approximate surface area is 104 Å². The summed E-state index contributed by atoms with van der Waals surface area (Å²) in [6.07, 6.45) is -0.690. The first kappa shape index (κ1) is 16.1. The number of hydrogen-bond donors (Lipinski definition) is 1. The Morgan fingerprint density at radius 2 is 1.82 bits per heavy atom. The minimum absolute atomic E-state index is 0.274. The zero-order chi connectivity index (χ0) is 13.6. The van der Waals surface area contributed by atoms with E-state index >= 15 is 0 Å². The predicted molar refractivity (Wildman–Crippen MR) is 68.3 cm³/mol. The van der Waals surface area contributed by atoms with Crippen LogP contribution in [-0.4, -0.2) is 47.5 Å². The highest BCUT2D eigenvalue weighted by Gasteiger charge is 2.34. The molecule has 1 N–H and O–H groups in total. The van der Waals surface area contributed by atoms with Crippen molar-refractivity contribution in [2.24, 2.45) is 0 Å². The number of carbonyl (C=O) groups is 1. The number of esters is 1. The monoisotopic (exact) mass is 244 g/mol. The van der Waals surface area contributed by atoms with Gasteiger partial charge in [0.25, 0.3) is 0 Å². The van der Waals surface area contributed by atoms with Gasteiger partial charge in [0.1, 0.15) is 12.6 Å². The first-order valence-electron chi connectivity index (χ1n) is 6.19. The molecule has 0 fully saturated rings. The van der Waals surface area contributed by atoms with Crippen LogP contribution in [0.5, 0.6) is 0 Å². The molecule has 2 unspecified atom stereocenters. The normalized spacial score (nSPS) is 15.2. The molecule has 100 valence electrons. The molecule has 0 aromatic heterocycles. The van der Waals surface area contributed by atoms with Crippen molar-refractivity contribution in [1.82, 2.24) is 0 Å². The van der Waals surface area contributed by atoms with Crippen molar-refractivity contribution in [2.75, 3.05) is 19.6 Å². The molecule has 0 aromatic carbocycles. The van der Waals surface area contributed by atoms with Gasteiger partial charge in [0.2, 0.25) is 6.23 Å². The zero-order valence-electron chi connectivity index (χ0n) is 11.7. The molecule has 0 bridgehead atoms. The van der Waals surface area contributed by atoms with Gasteiger partial charge in [-0.2, -0.15) is 0 Å². The van der Waals surface area contributed by atoms with Crippen LogP contribution in [-0.2, 0) is 9.53 Å². The van der Waals surface area contributed by atoms with Crippen LogP contribution in [0.3, 0.4) is 0 Å². The SMILES string of the molecule is C=C(C)C(=O)OC(C)[N+](CC)(CC)CC(C)O. The largest absolute Gasteiger partial charge is 0.409 e. The first-order valence-corrected chi connectivity index (χ1v) is 6.19. The Morgan fingerprint density at radius 1 is 1.35 bits per heavy atom. The molecule has 0 aliphatic rings. The molecule has 2 atom stereocenters. The summed E-state index contributed by atoms with van der Waals surface area (Å²) in [7, 11) is 0. The van der Waals surface area contributed by atoms with Crippen LogP contribution >= 0.6 is 0 Å². The molecule has 0 rings (SSSR count). The smallest absolute Gasteiger partial charge is 0.337 e. The van der Waals surface area contributed by atoms with Crippen LogP contribution in [0, 0.1) is 0 Å². The maximum atomic E-state index is 11.5. The highest BCUT2D eigenvalue weighted by atomic mass is 16.6. The van der Waals surface area contributed by atoms with E-state index in [1.54, 1.807) is 13.8 Å². The molecule has 17 heavy (non-hydrogen) atoms. The quantitative estimate of drug-likeness (QED) is 0.321. The number of nitrogens with zero attached hydrogens (tertiary/aromatic N) is 1. The van der Waals surface area contributed by atoms with Gasteiger partial charge in [0.15, 0.2) is 0 Å². The number of ether oxygens (including phenoxy) is 1. The molecule has 0 aliphatic carbocycles. The van der Waals surface area contributed by atoms with E-state index in [0.717, 1.165) is 13.1 Å². The zero-order valence-corrected chi connectivity index (χ0v) is 11.7. The molecular weight excluding hydrogens is 218 g/mol. The second-order valence-electron chi connectivity index (χ2n) is 4.67. The number of likely N-dealkylation sites (N-methyl/N-ethyl adjacent to an activating group) is 1. The van der Waals surface area contributed by atoms with Crippen LogP contribution in [0.4, 0.5) is 0 Å². The lowest BCUT2D eigenvalue weighted by Gasteiger charge is -2.41. The fourth-order valence-corrected chi connectivity index (χ4v) is 2.04. The van der Waals surface area contributed by atoms with Crippen molar-refractivity contribution in [3.63, 3.8) is 0 Å². The van der Waals surface area contributed by atoms with Gasteiger partial charge in [-0.25, -0.2) is 4.79 Å². The Bertz CT molecular complexity index is 270. The number of rotatable bonds is 7. The average molecular weight is 244 g/mol. The Kier molecular flexibility index (Phi) is 6.42. The van der Waals surface area contributed by atoms with E-state index < -0.39 is 6.10 Å². The number of carbonyl (C=O) groups excluding carboxylic acids is 1. The molecule has 0 heterocycles. The van der Waals surface area contributed by atoms with E-state index in [9.17, 15) is 9.90 Å². The van der Waals surface area contributed by atoms with Gasteiger partial charge in [-0.15, -0.1) is 0 Å². The Balaban J connectivity index is 4.80. The van der Waals surface area contributed by atoms with Crippen LogP contribution in [0.2, 0.25) is 0 Å². The van der Waals surface area contributed by atoms with E-state index in [4.69, 9.17) is 4.74 Å². The summed E-state index contributed by atoms with van der Waals surface area (Å²) < 4.78 is 5.95. The van der Waals surface area contributed by atoms with Crippen molar-refractivity contribution in [1.29, 1.82) is 0 Å². The highest BCUT2D eigenvalue weighted by molar-refractivity contribution is 5.86. The van der Waals surface area contributed by atoms with Crippen molar-refractivity contribution in [3.05, 3.63) is 12.2 Å². The highest BCUT2D eigenvalue weighted by Crippen LogP contribution is 2.17. The van der Waals surface area contributed by atoms with Crippen LogP contribution < -0.4 is 0 Å². The number of aliphatic hydroxyl groups is 1. The maximum absolute atomic E-state index is 11.5. The van der Waals surface area contributed by atoms with Crippen LogP contribution in [0.25, 0.3) is 0 Å². The van der Waals surface area contributed by atoms with Gasteiger partial charge in [-0.3, -0.25) is 4.48 Å². The number of hydrogen-bond acceptors (Lipinski definition) is 3. The van der Waals surface area contributed by atoms with E-state index in [0.29, 0.717) is 16.6 Å². The molecule has 0 radical (unpaired) electrons. The molecular formula is C13H26NO3+. The summed E-state index contributed by atoms with van der Waals surface area (Å²) in [6, 6.07) is 0. The van der Waals surface area contributed by atoms with Gasteiger partial charge in [0.05, 0.1) is 13.1 Å². The third-order valence-corrected chi connectivity index (χ3v) is 3.28.